The first-order chi connectivity index (χ1) is 8.37. The van der Waals surface area contributed by atoms with E-state index in [1.54, 1.807) is 0 Å². The van der Waals surface area contributed by atoms with Crippen molar-refractivity contribution in [1.82, 2.24) is 4.72 Å². The molecule has 0 unspecified atom stereocenters. The first kappa shape index (κ1) is 18.2. The minimum Gasteiger partial charge on any atom is -0.386 e. The maximum atomic E-state index is 6.32. The van der Waals surface area contributed by atoms with Gasteiger partial charge < -0.3 is 5.73 Å². The molecule has 0 aliphatic rings. The molecule has 3 N–H and O–H groups in total. The molecule has 0 aromatic carbocycles. The van der Waals surface area contributed by atoms with Gasteiger partial charge in [-0.25, -0.2) is 0 Å². The molecule has 0 saturated heterocycles. The van der Waals surface area contributed by atoms with E-state index in [0.29, 0.717) is 0 Å². The number of rotatable bonds is 9. The SMILES string of the molecule is CCCCCNS(CC)(CC)(CC)(CC)C(N)=S. The van der Waals surface area contributed by atoms with Gasteiger partial charge in [-0.05, 0) is 29.4 Å². The fourth-order valence-electron chi connectivity index (χ4n) is 3.06. The van der Waals surface area contributed by atoms with Gasteiger partial charge in [0.05, 0.1) is 0 Å². The van der Waals surface area contributed by atoms with Gasteiger partial charge in [0, 0.05) is 6.54 Å². The van der Waals surface area contributed by atoms with Gasteiger partial charge in [-0.3, -0.25) is 4.72 Å². The quantitative estimate of drug-likeness (QED) is 0.500. The van der Waals surface area contributed by atoms with Crippen LogP contribution in [0.1, 0.15) is 53.9 Å². The Morgan fingerprint density at radius 2 is 1.39 bits per heavy atom. The van der Waals surface area contributed by atoms with Crippen LogP contribution in [0.25, 0.3) is 0 Å². The predicted octanol–water partition coefficient (Wildman–Crippen LogP) is 3.88. The average Bonchev–Trinajstić information content (AvgIpc) is 2.42. The second kappa shape index (κ2) is 6.10. The molecule has 0 saturated carbocycles. The topological polar surface area (TPSA) is 38.0 Å². The lowest BCUT2D eigenvalue weighted by Gasteiger charge is -2.78. The van der Waals surface area contributed by atoms with E-state index in [1.165, 1.54) is 19.3 Å². The average molecular weight is 295 g/mol. The highest BCUT2D eigenvalue weighted by Gasteiger charge is 2.57. The molecule has 0 atom stereocenters. The summed E-state index contributed by atoms with van der Waals surface area (Å²) in [5.41, 5.74) is 6.32. The monoisotopic (exact) mass is 294 g/mol. The summed E-state index contributed by atoms with van der Waals surface area (Å²) in [6, 6.07) is 0. The molecular weight excluding hydrogens is 260 g/mol. The number of hydrogen-bond acceptors (Lipinski definition) is 2. The van der Waals surface area contributed by atoms with E-state index < -0.39 is 8.48 Å². The van der Waals surface area contributed by atoms with Gasteiger partial charge in [-0.1, -0.05) is 59.7 Å². The Morgan fingerprint density at radius 3 is 1.67 bits per heavy atom. The van der Waals surface area contributed by atoms with Crippen LogP contribution in [-0.2, 0) is 0 Å². The van der Waals surface area contributed by atoms with E-state index in [2.05, 4.69) is 39.3 Å². The van der Waals surface area contributed by atoms with E-state index in [0.717, 1.165) is 33.9 Å². The Bertz CT molecular complexity index is 269. The predicted molar refractivity (Wildman–Crippen MR) is 94.1 cm³/mol. The summed E-state index contributed by atoms with van der Waals surface area (Å²) in [7, 11) is -2.59. The lowest BCUT2D eigenvalue weighted by molar-refractivity contribution is 0.699. The lowest BCUT2D eigenvalue weighted by atomic mass is 10.3. The number of unbranched alkanes of at least 4 members (excludes halogenated alkanes) is 2. The smallest absolute Gasteiger partial charge is 0.111 e. The van der Waals surface area contributed by atoms with Gasteiger partial charge in [0.15, 0.2) is 0 Å². The third-order valence-electron chi connectivity index (χ3n) is 5.64. The molecule has 0 aromatic heterocycles. The van der Waals surface area contributed by atoms with Crippen molar-refractivity contribution in [3.8, 4) is 0 Å². The number of hydrogen-bond donors (Lipinski definition) is 2. The second-order valence-electron chi connectivity index (χ2n) is 5.56. The molecule has 0 bridgehead atoms. The molecule has 112 valence electrons. The van der Waals surface area contributed by atoms with Crippen molar-refractivity contribution < 1.29 is 0 Å². The molecule has 0 radical (unpaired) electrons. The summed E-state index contributed by atoms with van der Waals surface area (Å²) in [5, 5.41) is 0. The number of nitrogens with one attached hydrogen (secondary N) is 1. The van der Waals surface area contributed by atoms with Crippen molar-refractivity contribution in [3.63, 3.8) is 0 Å². The normalized spacial score (nSPS) is 16.1. The van der Waals surface area contributed by atoms with Gasteiger partial charge in [0.2, 0.25) is 0 Å². The highest BCUT2D eigenvalue weighted by Crippen LogP contribution is 2.85. The van der Waals surface area contributed by atoms with Gasteiger partial charge in [0.25, 0.3) is 0 Å². The maximum Gasteiger partial charge on any atom is 0.111 e. The molecule has 2 nitrogen and oxygen atoms in total. The fraction of sp³-hybridized carbons (Fsp3) is 0.929. The van der Waals surface area contributed by atoms with Crippen molar-refractivity contribution in [2.24, 2.45) is 5.73 Å². The summed E-state index contributed by atoms with van der Waals surface area (Å²) < 4.78 is 4.71. The van der Waals surface area contributed by atoms with Crippen LogP contribution in [0, 0.1) is 0 Å². The molecule has 0 aromatic rings. The minimum absolute atomic E-state index is 0.765. The van der Waals surface area contributed by atoms with E-state index in [9.17, 15) is 0 Å². The van der Waals surface area contributed by atoms with Crippen LogP contribution in [0.15, 0.2) is 0 Å². The van der Waals surface area contributed by atoms with Crippen LogP contribution in [0.2, 0.25) is 0 Å². The first-order valence-corrected chi connectivity index (χ1v) is 11.0. The Morgan fingerprint density at radius 1 is 0.944 bits per heavy atom. The zero-order valence-corrected chi connectivity index (χ0v) is 14.7. The zero-order valence-electron chi connectivity index (χ0n) is 13.1. The summed E-state index contributed by atoms with van der Waals surface area (Å²) >= 11 is 5.60. The molecule has 18 heavy (non-hydrogen) atoms. The maximum absolute atomic E-state index is 6.32. The molecule has 4 heteroatoms. The van der Waals surface area contributed by atoms with Crippen LogP contribution in [-0.4, -0.2) is 33.9 Å². The Balaban J connectivity index is 5.44. The van der Waals surface area contributed by atoms with Crippen molar-refractivity contribution in [1.29, 1.82) is 0 Å². The Kier molecular flexibility index (Phi) is 6.17. The van der Waals surface area contributed by atoms with Gasteiger partial charge in [-0.2, -0.15) is 8.48 Å². The van der Waals surface area contributed by atoms with E-state index in [1.807, 2.05) is 0 Å². The zero-order chi connectivity index (χ0) is 14.3. The van der Waals surface area contributed by atoms with E-state index >= 15 is 0 Å². The van der Waals surface area contributed by atoms with E-state index in [4.69, 9.17) is 18.0 Å². The third kappa shape index (κ3) is 2.44. The van der Waals surface area contributed by atoms with Crippen molar-refractivity contribution in [2.45, 2.75) is 53.9 Å². The van der Waals surface area contributed by atoms with Crippen molar-refractivity contribution in [2.75, 3.05) is 29.6 Å². The van der Waals surface area contributed by atoms with Gasteiger partial charge in [0.1, 0.15) is 4.32 Å². The highest BCUT2D eigenvalue weighted by molar-refractivity contribution is 8.75. The van der Waals surface area contributed by atoms with Crippen LogP contribution >= 0.6 is 20.7 Å². The second-order valence-corrected chi connectivity index (χ2v) is 14.3. The number of nitrogens with two attached hydrogens (primary N) is 1. The van der Waals surface area contributed by atoms with Crippen molar-refractivity contribution in [3.05, 3.63) is 0 Å². The molecular formula is C14H34N2S2. The largest absolute Gasteiger partial charge is 0.386 e. The Hall–Kier alpha value is 0.200. The van der Waals surface area contributed by atoms with Crippen LogP contribution < -0.4 is 10.5 Å². The van der Waals surface area contributed by atoms with Crippen LogP contribution in [0.5, 0.6) is 0 Å². The molecule has 0 spiro atoms. The highest BCUT2D eigenvalue weighted by atomic mass is 32.4. The number of thiocarbonyl (C=S) groups is 1. The standard InChI is InChI=1S/C14H34N2S2/c1-6-11-12-13-16-18(7-2,8-3,9-4,10-5)14(15)17/h16H,6-13H2,1-5H3,(H2,15,17). The molecule has 0 aliphatic heterocycles. The molecule has 0 fully saturated rings. The lowest BCUT2D eigenvalue weighted by Crippen LogP contribution is -2.63. The summed E-state index contributed by atoms with van der Waals surface area (Å²) in [6.45, 7) is 12.4. The summed E-state index contributed by atoms with van der Waals surface area (Å²) in [5.74, 6) is 4.30. The van der Waals surface area contributed by atoms with Crippen LogP contribution in [0.3, 0.4) is 0 Å². The van der Waals surface area contributed by atoms with E-state index in [-0.39, 0.29) is 0 Å². The third-order valence-corrected chi connectivity index (χ3v) is 17.0. The minimum atomic E-state index is -2.59. The molecule has 0 heterocycles. The molecule has 0 rings (SSSR count). The van der Waals surface area contributed by atoms with Crippen molar-refractivity contribution >= 4 is 25.0 Å². The summed E-state index contributed by atoms with van der Waals surface area (Å²) in [4.78, 5) is 0. The molecule has 0 amide bonds. The summed E-state index contributed by atoms with van der Waals surface area (Å²) in [6.07, 6.45) is 3.75. The fourth-order valence-corrected chi connectivity index (χ4v) is 10.0. The first-order valence-electron chi connectivity index (χ1n) is 7.44. The Labute approximate surface area is 119 Å². The molecule has 0 aliphatic carbocycles. The van der Waals surface area contributed by atoms with Crippen LogP contribution in [0.4, 0.5) is 0 Å². The van der Waals surface area contributed by atoms with Gasteiger partial charge in [-0.15, -0.1) is 0 Å². The van der Waals surface area contributed by atoms with Gasteiger partial charge >= 0.3 is 0 Å².